The number of hydrogen-bond donors (Lipinski definition) is 1. The molecule has 1 aromatic rings. The van der Waals surface area contributed by atoms with Gasteiger partial charge in [0.2, 0.25) is 5.91 Å². The van der Waals surface area contributed by atoms with E-state index in [2.05, 4.69) is 0 Å². The van der Waals surface area contributed by atoms with Crippen LogP contribution >= 0.6 is 0 Å². The second-order valence-corrected chi connectivity index (χ2v) is 6.47. The van der Waals surface area contributed by atoms with E-state index >= 15 is 0 Å². The van der Waals surface area contributed by atoms with Crippen molar-refractivity contribution in [1.29, 1.82) is 0 Å². The Morgan fingerprint density at radius 1 is 1.04 bits per heavy atom. The van der Waals surface area contributed by atoms with Gasteiger partial charge in [-0.25, -0.2) is 13.2 Å². The van der Waals surface area contributed by atoms with Gasteiger partial charge in [-0.1, -0.05) is 0 Å². The lowest BCUT2D eigenvalue weighted by Gasteiger charge is -2.43. The molecule has 28 heavy (non-hydrogen) atoms. The highest BCUT2D eigenvalue weighted by molar-refractivity contribution is 5.83. The molecule has 0 aliphatic carbocycles. The monoisotopic (exact) mass is 422 g/mol. The van der Waals surface area contributed by atoms with Crippen LogP contribution in [-0.2, 0) is 4.79 Å². The largest absolute Gasteiger partial charge is 0.406 e. The average molecular weight is 422 g/mol. The number of carbonyl (C=O) groups excluding carboxylic acids is 1. The van der Waals surface area contributed by atoms with Gasteiger partial charge in [0, 0.05) is 17.5 Å². The minimum Gasteiger partial charge on any atom is -0.329 e. The fourth-order valence-corrected chi connectivity index (χ4v) is 3.24. The van der Waals surface area contributed by atoms with Crippen molar-refractivity contribution in [1.82, 2.24) is 10.2 Å². The first-order valence-corrected chi connectivity index (χ1v) is 8.02. The Bertz CT molecular complexity index is 732. The second-order valence-electron chi connectivity index (χ2n) is 6.47. The predicted octanol–water partition coefficient (Wildman–Crippen LogP) is 3.89. The third kappa shape index (κ3) is 5.09. The van der Waals surface area contributed by atoms with Crippen molar-refractivity contribution in [2.75, 3.05) is 13.1 Å². The number of nitrogens with one attached hydrogen (secondary N) is 1. The molecule has 0 spiro atoms. The fraction of sp³-hybridized carbons (Fsp3) is 0.562. The van der Waals surface area contributed by atoms with Crippen LogP contribution in [0.5, 0.6) is 0 Å². The van der Waals surface area contributed by atoms with Gasteiger partial charge in [-0.3, -0.25) is 10.1 Å². The Morgan fingerprint density at radius 3 is 2.14 bits per heavy atom. The number of carbonyl (C=O) groups is 1. The van der Waals surface area contributed by atoms with E-state index in [1.54, 1.807) is 5.32 Å². The van der Waals surface area contributed by atoms with Crippen molar-refractivity contribution in [3.63, 3.8) is 0 Å². The Balaban J connectivity index is 2.44. The van der Waals surface area contributed by atoms with E-state index in [1.165, 1.54) is 0 Å². The summed E-state index contributed by atoms with van der Waals surface area (Å²) in [6, 6.07) is -2.20. The SMILES string of the molecule is C[C@@H]1[C@H](c2c(F)ccc(F)c2F)C[C@H](NCC(F)(F)F)C(=O)N1CC(F)(F)F. The predicted molar refractivity (Wildman–Crippen MR) is 78.7 cm³/mol. The Labute approximate surface area is 153 Å². The zero-order valence-electron chi connectivity index (χ0n) is 14.3. The number of alkyl halides is 6. The zero-order chi connectivity index (χ0) is 21.4. The van der Waals surface area contributed by atoms with Crippen LogP contribution < -0.4 is 5.32 Å². The summed E-state index contributed by atoms with van der Waals surface area (Å²) in [5.41, 5.74) is -0.911. The maximum absolute atomic E-state index is 14.1. The number of rotatable bonds is 4. The molecule has 0 bridgehead atoms. The third-order valence-corrected chi connectivity index (χ3v) is 4.49. The molecular weight excluding hydrogens is 407 g/mol. The van der Waals surface area contributed by atoms with Gasteiger partial charge in [-0.05, 0) is 25.5 Å². The number of benzene rings is 1. The van der Waals surface area contributed by atoms with Crippen molar-refractivity contribution >= 4 is 5.91 Å². The number of halogens is 9. The molecule has 1 amide bonds. The maximum atomic E-state index is 14.1. The summed E-state index contributed by atoms with van der Waals surface area (Å²) in [6.45, 7) is -2.46. The molecule has 1 heterocycles. The van der Waals surface area contributed by atoms with Crippen LogP contribution in [0.3, 0.4) is 0 Å². The molecule has 1 N–H and O–H groups in total. The molecule has 158 valence electrons. The highest BCUT2D eigenvalue weighted by atomic mass is 19.4. The van der Waals surface area contributed by atoms with Gasteiger partial charge in [0.25, 0.3) is 0 Å². The molecule has 3 nitrogen and oxygen atoms in total. The Morgan fingerprint density at radius 2 is 1.61 bits per heavy atom. The first-order valence-electron chi connectivity index (χ1n) is 8.02. The molecule has 3 atom stereocenters. The normalized spacial score (nSPS) is 24.0. The number of hydrogen-bond acceptors (Lipinski definition) is 2. The molecular formula is C16H15F9N2O. The van der Waals surface area contributed by atoms with E-state index in [1.807, 2.05) is 0 Å². The molecule has 0 radical (unpaired) electrons. The van der Waals surface area contributed by atoms with E-state index in [4.69, 9.17) is 0 Å². The molecule has 0 aromatic heterocycles. The average Bonchev–Trinajstić information content (AvgIpc) is 2.54. The van der Waals surface area contributed by atoms with Gasteiger partial charge in [0.15, 0.2) is 11.6 Å². The van der Waals surface area contributed by atoms with Crippen LogP contribution in [0.2, 0.25) is 0 Å². The molecule has 1 aromatic carbocycles. The molecule has 1 aliphatic rings. The molecule has 12 heteroatoms. The van der Waals surface area contributed by atoms with Gasteiger partial charge in [0.1, 0.15) is 12.4 Å². The third-order valence-electron chi connectivity index (χ3n) is 4.49. The maximum Gasteiger partial charge on any atom is 0.406 e. The van der Waals surface area contributed by atoms with Crippen LogP contribution in [-0.4, -0.2) is 48.3 Å². The number of likely N-dealkylation sites (tertiary alicyclic amines) is 1. The minimum atomic E-state index is -4.90. The van der Waals surface area contributed by atoms with Crippen LogP contribution in [0.4, 0.5) is 39.5 Å². The lowest BCUT2D eigenvalue weighted by atomic mass is 9.81. The lowest BCUT2D eigenvalue weighted by Crippen LogP contribution is -2.60. The van der Waals surface area contributed by atoms with Crippen LogP contribution in [0.1, 0.15) is 24.8 Å². The van der Waals surface area contributed by atoms with Crippen molar-refractivity contribution in [2.24, 2.45) is 0 Å². The van der Waals surface area contributed by atoms with Crippen molar-refractivity contribution in [3.05, 3.63) is 35.1 Å². The van der Waals surface area contributed by atoms with Crippen LogP contribution in [0.15, 0.2) is 12.1 Å². The summed E-state index contributed by atoms with van der Waals surface area (Å²) in [5, 5.41) is 1.78. The minimum absolute atomic E-state index is 0.200. The second kappa shape index (κ2) is 7.80. The molecule has 2 rings (SSSR count). The van der Waals surface area contributed by atoms with Gasteiger partial charge in [-0.2, -0.15) is 26.3 Å². The summed E-state index contributed by atoms with van der Waals surface area (Å²) < 4.78 is 118. The summed E-state index contributed by atoms with van der Waals surface area (Å²) >= 11 is 0. The summed E-state index contributed by atoms with van der Waals surface area (Å²) in [6.07, 6.45) is -10.3. The van der Waals surface area contributed by atoms with Crippen molar-refractivity contribution in [3.8, 4) is 0 Å². The summed E-state index contributed by atoms with van der Waals surface area (Å²) in [5.74, 6) is -7.19. The Kier molecular flexibility index (Phi) is 6.22. The Hall–Kier alpha value is -1.98. The van der Waals surface area contributed by atoms with Gasteiger partial charge < -0.3 is 4.90 Å². The number of piperidine rings is 1. The highest BCUT2D eigenvalue weighted by Gasteiger charge is 2.46. The molecule has 0 saturated carbocycles. The fourth-order valence-electron chi connectivity index (χ4n) is 3.24. The first kappa shape index (κ1) is 22.3. The summed E-state index contributed by atoms with van der Waals surface area (Å²) in [7, 11) is 0. The van der Waals surface area contributed by atoms with Crippen molar-refractivity contribution < 1.29 is 44.3 Å². The molecule has 0 unspecified atom stereocenters. The number of amides is 1. The molecule has 1 saturated heterocycles. The van der Waals surface area contributed by atoms with Gasteiger partial charge in [0.05, 0.1) is 12.6 Å². The van der Waals surface area contributed by atoms with E-state index in [0.29, 0.717) is 12.1 Å². The van der Waals surface area contributed by atoms with Crippen LogP contribution in [0, 0.1) is 17.5 Å². The van der Waals surface area contributed by atoms with E-state index in [0.717, 1.165) is 6.92 Å². The highest BCUT2D eigenvalue weighted by Crippen LogP contribution is 2.38. The van der Waals surface area contributed by atoms with Crippen molar-refractivity contribution in [2.45, 2.75) is 43.7 Å². The smallest absolute Gasteiger partial charge is 0.329 e. The summed E-state index contributed by atoms with van der Waals surface area (Å²) in [4.78, 5) is 12.5. The standard InChI is InChI=1S/C16H15F9N2O/c1-7-8(12-9(17)2-3-10(18)13(12)19)4-11(26-5-15(20,21)22)14(28)27(7)6-16(23,24)25/h2-3,7-8,11,26H,4-6H2,1H3/t7-,8-,11+/m1/s1. The first-order chi connectivity index (χ1) is 12.7. The van der Waals surface area contributed by atoms with Crippen LogP contribution in [0.25, 0.3) is 0 Å². The molecule has 1 fully saturated rings. The van der Waals surface area contributed by atoms with E-state index in [9.17, 15) is 44.3 Å². The quantitative estimate of drug-likeness (QED) is 0.590. The zero-order valence-corrected chi connectivity index (χ0v) is 14.3. The van der Waals surface area contributed by atoms with E-state index < -0.39 is 78.8 Å². The topological polar surface area (TPSA) is 32.3 Å². The van der Waals surface area contributed by atoms with E-state index in [-0.39, 0.29) is 4.90 Å². The number of nitrogens with zero attached hydrogens (tertiary/aromatic N) is 1. The van der Waals surface area contributed by atoms with Gasteiger partial charge in [-0.15, -0.1) is 0 Å². The van der Waals surface area contributed by atoms with Gasteiger partial charge >= 0.3 is 12.4 Å². The molecule has 1 aliphatic heterocycles. The lowest BCUT2D eigenvalue weighted by molar-refractivity contribution is -0.172.